The zero-order chi connectivity index (χ0) is 15.4. The molecule has 7 heteroatoms. The smallest absolute Gasteiger partial charge is 0.371 e. The van der Waals surface area contributed by atoms with E-state index in [0.29, 0.717) is 23.1 Å². The molecule has 0 unspecified atom stereocenters. The van der Waals surface area contributed by atoms with E-state index in [0.717, 1.165) is 0 Å². The van der Waals surface area contributed by atoms with E-state index in [1.807, 2.05) is 0 Å². The summed E-state index contributed by atoms with van der Waals surface area (Å²) in [5.41, 5.74) is 0.756. The van der Waals surface area contributed by atoms with E-state index < -0.39 is 17.5 Å². The van der Waals surface area contributed by atoms with Gasteiger partial charge in [-0.15, -0.1) is 11.3 Å². The molecule has 2 aromatic rings. The van der Waals surface area contributed by atoms with E-state index in [-0.39, 0.29) is 11.5 Å². The van der Waals surface area contributed by atoms with Crippen LogP contribution in [-0.4, -0.2) is 26.9 Å². The molecular weight excluding hydrogens is 297 g/mol. The number of nitrogens with zero attached hydrogens (tertiary/aromatic N) is 1. The van der Waals surface area contributed by atoms with Gasteiger partial charge >= 0.3 is 5.97 Å². The van der Waals surface area contributed by atoms with Crippen LogP contribution in [0.1, 0.15) is 21.1 Å². The molecule has 2 N–H and O–H groups in total. The molecule has 0 bridgehead atoms. The molecule has 108 valence electrons. The SMILES string of the molecule is O=C(O)C(O)=CC(=O)c1csc(Cc2cccc(F)c2)n1. The summed E-state index contributed by atoms with van der Waals surface area (Å²) in [4.78, 5) is 26.1. The molecule has 0 saturated carbocycles. The number of hydrogen-bond acceptors (Lipinski definition) is 5. The van der Waals surface area contributed by atoms with Gasteiger partial charge in [-0.2, -0.15) is 0 Å². The number of thiazole rings is 1. The highest BCUT2D eigenvalue weighted by Gasteiger charge is 2.13. The zero-order valence-corrected chi connectivity index (χ0v) is 11.4. The second kappa shape index (κ2) is 6.27. The Kier molecular flexibility index (Phi) is 4.44. The Morgan fingerprint density at radius 3 is 2.76 bits per heavy atom. The van der Waals surface area contributed by atoms with Crippen molar-refractivity contribution in [3.8, 4) is 0 Å². The summed E-state index contributed by atoms with van der Waals surface area (Å²) in [5.74, 6) is -3.68. The number of aliphatic hydroxyl groups is 1. The third kappa shape index (κ3) is 3.96. The largest absolute Gasteiger partial charge is 0.502 e. The topological polar surface area (TPSA) is 87.5 Å². The van der Waals surface area contributed by atoms with Crippen LogP contribution in [0.5, 0.6) is 0 Å². The molecule has 0 atom stereocenters. The van der Waals surface area contributed by atoms with Crippen LogP contribution in [0, 0.1) is 5.82 Å². The van der Waals surface area contributed by atoms with Crippen molar-refractivity contribution < 1.29 is 24.2 Å². The zero-order valence-electron chi connectivity index (χ0n) is 10.6. The van der Waals surface area contributed by atoms with Gasteiger partial charge in [0.25, 0.3) is 0 Å². The summed E-state index contributed by atoms with van der Waals surface area (Å²) in [6.07, 6.45) is 0.966. The summed E-state index contributed by atoms with van der Waals surface area (Å²) >= 11 is 1.20. The molecule has 2 rings (SSSR count). The monoisotopic (exact) mass is 307 g/mol. The molecule has 1 aromatic carbocycles. The lowest BCUT2D eigenvalue weighted by molar-refractivity contribution is -0.135. The fourth-order valence-corrected chi connectivity index (χ4v) is 2.40. The highest BCUT2D eigenvalue weighted by molar-refractivity contribution is 7.09. The number of aromatic nitrogens is 1. The van der Waals surface area contributed by atoms with E-state index in [1.54, 1.807) is 12.1 Å². The third-order valence-corrected chi connectivity index (χ3v) is 3.38. The van der Waals surface area contributed by atoms with Crippen LogP contribution in [0.4, 0.5) is 4.39 Å². The maximum atomic E-state index is 13.1. The van der Waals surface area contributed by atoms with Crippen LogP contribution >= 0.6 is 11.3 Å². The average molecular weight is 307 g/mol. The molecule has 0 fully saturated rings. The van der Waals surface area contributed by atoms with Crippen LogP contribution in [0.15, 0.2) is 41.5 Å². The quantitative estimate of drug-likeness (QED) is 0.503. The Hall–Kier alpha value is -2.54. The highest BCUT2D eigenvalue weighted by Crippen LogP contribution is 2.16. The third-order valence-electron chi connectivity index (χ3n) is 2.54. The van der Waals surface area contributed by atoms with E-state index in [2.05, 4.69) is 4.98 Å². The van der Waals surface area contributed by atoms with Crippen molar-refractivity contribution >= 4 is 23.1 Å². The maximum Gasteiger partial charge on any atom is 0.371 e. The molecule has 0 aliphatic carbocycles. The number of benzene rings is 1. The Morgan fingerprint density at radius 2 is 2.10 bits per heavy atom. The lowest BCUT2D eigenvalue weighted by Gasteiger charge is -1.97. The predicted octanol–water partition coefficient (Wildman–Crippen LogP) is 2.58. The first-order valence-electron chi connectivity index (χ1n) is 5.83. The second-order valence-electron chi connectivity index (χ2n) is 4.13. The van der Waals surface area contributed by atoms with Crippen molar-refractivity contribution in [2.75, 3.05) is 0 Å². The minimum Gasteiger partial charge on any atom is -0.502 e. The first kappa shape index (κ1) is 14.9. The Bertz CT molecular complexity index is 723. The standard InChI is InChI=1S/C14H10FNO4S/c15-9-3-1-2-8(4-9)5-13-16-10(7-21-13)11(17)6-12(18)14(19)20/h1-4,6-7,18H,5H2,(H,19,20). The number of hydrogen-bond donors (Lipinski definition) is 2. The Balaban J connectivity index is 2.13. The summed E-state index contributed by atoms with van der Waals surface area (Å²) in [6, 6.07) is 6.03. The van der Waals surface area contributed by atoms with E-state index in [9.17, 15) is 14.0 Å². The molecule has 1 heterocycles. The lowest BCUT2D eigenvalue weighted by atomic mass is 10.1. The minimum absolute atomic E-state index is 0.0409. The maximum absolute atomic E-state index is 13.1. The van der Waals surface area contributed by atoms with Gasteiger partial charge in [-0.05, 0) is 17.7 Å². The molecule has 0 spiro atoms. The fourth-order valence-electron chi connectivity index (χ4n) is 1.59. The van der Waals surface area contributed by atoms with Crippen molar-refractivity contribution in [2.24, 2.45) is 0 Å². The normalized spacial score (nSPS) is 11.4. The molecular formula is C14H10FNO4S. The molecule has 0 saturated heterocycles. The molecule has 0 aliphatic heterocycles. The van der Waals surface area contributed by atoms with Crippen LogP contribution in [0.3, 0.4) is 0 Å². The predicted molar refractivity (Wildman–Crippen MR) is 74.0 cm³/mol. The Morgan fingerprint density at radius 1 is 1.33 bits per heavy atom. The molecule has 1 aromatic heterocycles. The van der Waals surface area contributed by atoms with Gasteiger partial charge in [0.1, 0.15) is 11.5 Å². The number of halogens is 1. The first-order valence-corrected chi connectivity index (χ1v) is 6.71. The van der Waals surface area contributed by atoms with Crippen molar-refractivity contribution in [1.82, 2.24) is 4.98 Å². The molecule has 5 nitrogen and oxygen atoms in total. The highest BCUT2D eigenvalue weighted by atomic mass is 32.1. The number of aliphatic hydroxyl groups excluding tert-OH is 1. The van der Waals surface area contributed by atoms with Gasteiger partial charge in [-0.25, -0.2) is 14.2 Å². The average Bonchev–Trinajstić information content (AvgIpc) is 2.87. The van der Waals surface area contributed by atoms with Crippen molar-refractivity contribution in [3.63, 3.8) is 0 Å². The van der Waals surface area contributed by atoms with Crippen LogP contribution in [0.2, 0.25) is 0 Å². The number of carbonyl (C=O) groups is 2. The second-order valence-corrected chi connectivity index (χ2v) is 5.07. The van der Waals surface area contributed by atoms with Gasteiger partial charge in [0.2, 0.25) is 11.5 Å². The summed E-state index contributed by atoms with van der Waals surface area (Å²) in [5, 5.41) is 19.5. The van der Waals surface area contributed by atoms with Gasteiger partial charge < -0.3 is 10.2 Å². The van der Waals surface area contributed by atoms with E-state index in [4.69, 9.17) is 10.2 Å². The van der Waals surface area contributed by atoms with Gasteiger partial charge in [0, 0.05) is 17.9 Å². The van der Waals surface area contributed by atoms with E-state index in [1.165, 1.54) is 28.8 Å². The minimum atomic E-state index is -1.58. The fraction of sp³-hybridized carbons (Fsp3) is 0.0714. The number of carboxylic acid groups (broad SMARTS) is 1. The number of allylic oxidation sites excluding steroid dienone is 1. The van der Waals surface area contributed by atoms with Crippen LogP contribution in [-0.2, 0) is 11.2 Å². The van der Waals surface area contributed by atoms with Crippen molar-refractivity contribution in [2.45, 2.75) is 6.42 Å². The van der Waals surface area contributed by atoms with E-state index >= 15 is 0 Å². The number of carboxylic acids is 1. The van der Waals surface area contributed by atoms with Gasteiger partial charge in [-0.3, -0.25) is 4.79 Å². The van der Waals surface area contributed by atoms with Gasteiger partial charge in [-0.1, -0.05) is 12.1 Å². The van der Waals surface area contributed by atoms with Crippen LogP contribution in [0.25, 0.3) is 0 Å². The molecule has 0 amide bonds. The van der Waals surface area contributed by atoms with Gasteiger partial charge in [0.05, 0.1) is 5.01 Å². The lowest BCUT2D eigenvalue weighted by Crippen LogP contribution is -2.04. The van der Waals surface area contributed by atoms with Crippen LogP contribution < -0.4 is 0 Å². The summed E-state index contributed by atoms with van der Waals surface area (Å²) in [6.45, 7) is 0. The number of aliphatic carboxylic acids is 1. The van der Waals surface area contributed by atoms with Crippen molar-refractivity contribution in [1.29, 1.82) is 0 Å². The molecule has 21 heavy (non-hydrogen) atoms. The summed E-state index contributed by atoms with van der Waals surface area (Å²) in [7, 11) is 0. The molecule has 0 aliphatic rings. The molecule has 0 radical (unpaired) electrons. The van der Waals surface area contributed by atoms with Crippen molar-refractivity contribution in [3.05, 3.63) is 63.6 Å². The first-order chi connectivity index (χ1) is 9.95. The van der Waals surface area contributed by atoms with Gasteiger partial charge in [0.15, 0.2) is 0 Å². The number of ketones is 1. The number of rotatable bonds is 5. The Labute approximate surface area is 123 Å². The summed E-state index contributed by atoms with van der Waals surface area (Å²) < 4.78 is 13.1. The number of carbonyl (C=O) groups excluding carboxylic acids is 1.